The van der Waals surface area contributed by atoms with Crippen molar-refractivity contribution in [3.8, 4) is 5.75 Å². The number of methoxy groups -OCH3 is 1. The van der Waals surface area contributed by atoms with Gasteiger partial charge in [-0.25, -0.2) is 9.82 Å². The predicted octanol–water partition coefficient (Wildman–Crippen LogP) is 4.62. The molecule has 0 radical (unpaired) electrons. The standard InChI is InChI=1S/C23H26FN3O2/c1-6-27-21-12-20(24)17(11-19(21)15(2)13-23(27,3)4)14-25-26-22(28)16-8-7-9-18(10-16)29-5/h7-14H,6H2,1-5H3,(H,26,28)/b25-14-. The Kier molecular flexibility index (Phi) is 5.73. The molecule has 0 unspecified atom stereocenters. The highest BCUT2D eigenvalue weighted by Crippen LogP contribution is 2.39. The Morgan fingerprint density at radius 3 is 2.76 bits per heavy atom. The first-order valence-corrected chi connectivity index (χ1v) is 9.55. The molecule has 0 fully saturated rings. The number of nitrogens with one attached hydrogen (secondary N) is 1. The molecule has 1 amide bonds. The van der Waals surface area contributed by atoms with E-state index in [1.165, 1.54) is 13.3 Å². The van der Waals surface area contributed by atoms with Crippen LogP contribution >= 0.6 is 0 Å². The SMILES string of the molecule is CCN1c2cc(F)c(/C=N\NC(=O)c3cccc(OC)c3)cc2C(C)=CC1(C)C. The monoisotopic (exact) mass is 395 g/mol. The van der Waals surface area contributed by atoms with Gasteiger partial charge in [0.25, 0.3) is 5.91 Å². The lowest BCUT2D eigenvalue weighted by Crippen LogP contribution is -2.45. The second kappa shape index (κ2) is 8.07. The van der Waals surface area contributed by atoms with Crippen molar-refractivity contribution in [2.45, 2.75) is 33.2 Å². The van der Waals surface area contributed by atoms with E-state index in [-0.39, 0.29) is 11.4 Å². The molecule has 1 N–H and O–H groups in total. The average molecular weight is 395 g/mol. The molecule has 3 rings (SSSR count). The van der Waals surface area contributed by atoms with E-state index in [1.54, 1.807) is 36.4 Å². The summed E-state index contributed by atoms with van der Waals surface area (Å²) in [6, 6.07) is 10.1. The Morgan fingerprint density at radius 2 is 2.07 bits per heavy atom. The number of likely N-dealkylation sites (N-methyl/N-ethyl adjacent to an activating group) is 1. The van der Waals surface area contributed by atoms with Crippen LogP contribution in [0.15, 0.2) is 47.6 Å². The Balaban J connectivity index is 1.84. The van der Waals surface area contributed by atoms with Crippen LogP contribution in [0.25, 0.3) is 5.57 Å². The highest BCUT2D eigenvalue weighted by molar-refractivity contribution is 5.95. The summed E-state index contributed by atoms with van der Waals surface area (Å²) >= 11 is 0. The van der Waals surface area contributed by atoms with Crippen molar-refractivity contribution in [3.63, 3.8) is 0 Å². The molecule has 0 aromatic heterocycles. The van der Waals surface area contributed by atoms with Crippen LogP contribution in [0.2, 0.25) is 0 Å². The van der Waals surface area contributed by atoms with Gasteiger partial charge in [0.2, 0.25) is 0 Å². The third-order valence-electron chi connectivity index (χ3n) is 5.11. The highest BCUT2D eigenvalue weighted by atomic mass is 19.1. The minimum absolute atomic E-state index is 0.182. The van der Waals surface area contributed by atoms with Crippen LogP contribution < -0.4 is 15.1 Å². The number of anilines is 1. The molecule has 0 atom stereocenters. The van der Waals surface area contributed by atoms with E-state index in [0.717, 1.165) is 23.4 Å². The summed E-state index contributed by atoms with van der Waals surface area (Å²) in [5, 5.41) is 3.94. The lowest BCUT2D eigenvalue weighted by molar-refractivity contribution is 0.0954. The fourth-order valence-corrected chi connectivity index (χ4v) is 3.78. The topological polar surface area (TPSA) is 53.9 Å². The van der Waals surface area contributed by atoms with Gasteiger partial charge in [0.05, 0.1) is 18.9 Å². The molecule has 0 spiro atoms. The number of hydrogen-bond donors (Lipinski definition) is 1. The quantitative estimate of drug-likeness (QED) is 0.594. The average Bonchev–Trinajstić information content (AvgIpc) is 2.68. The molecule has 5 nitrogen and oxygen atoms in total. The number of nitrogens with zero attached hydrogens (tertiary/aromatic N) is 2. The van der Waals surface area contributed by atoms with Gasteiger partial charge in [-0.15, -0.1) is 0 Å². The van der Waals surface area contributed by atoms with Gasteiger partial charge in [0, 0.05) is 28.9 Å². The molecule has 0 saturated carbocycles. The van der Waals surface area contributed by atoms with Crippen LogP contribution in [0, 0.1) is 5.82 Å². The molecule has 29 heavy (non-hydrogen) atoms. The molecular weight excluding hydrogens is 369 g/mol. The highest BCUT2D eigenvalue weighted by Gasteiger charge is 2.30. The molecule has 152 valence electrons. The summed E-state index contributed by atoms with van der Waals surface area (Å²) in [7, 11) is 1.53. The van der Waals surface area contributed by atoms with Gasteiger partial charge in [-0.3, -0.25) is 4.79 Å². The molecule has 0 saturated heterocycles. The maximum absolute atomic E-state index is 14.7. The van der Waals surface area contributed by atoms with E-state index in [9.17, 15) is 9.18 Å². The zero-order valence-corrected chi connectivity index (χ0v) is 17.4. The fourth-order valence-electron chi connectivity index (χ4n) is 3.78. The van der Waals surface area contributed by atoms with E-state index < -0.39 is 5.91 Å². The number of carbonyl (C=O) groups excluding carboxylic acids is 1. The van der Waals surface area contributed by atoms with E-state index in [0.29, 0.717) is 16.9 Å². The number of fused-ring (bicyclic) bond motifs is 1. The molecule has 0 bridgehead atoms. The van der Waals surface area contributed by atoms with Crippen molar-refractivity contribution in [3.05, 3.63) is 65.0 Å². The molecule has 6 heteroatoms. The molecular formula is C23H26FN3O2. The van der Waals surface area contributed by atoms with Crippen LogP contribution in [0.3, 0.4) is 0 Å². The van der Waals surface area contributed by atoms with Gasteiger partial charge in [0.15, 0.2) is 0 Å². The minimum Gasteiger partial charge on any atom is -0.497 e. The second-order valence-corrected chi connectivity index (χ2v) is 7.55. The van der Waals surface area contributed by atoms with Gasteiger partial charge in [-0.05, 0) is 63.6 Å². The summed E-state index contributed by atoms with van der Waals surface area (Å²) in [5.41, 5.74) is 5.90. The number of ether oxygens (including phenoxy) is 1. The predicted molar refractivity (Wildman–Crippen MR) is 115 cm³/mol. The van der Waals surface area contributed by atoms with E-state index in [4.69, 9.17) is 4.74 Å². The third kappa shape index (κ3) is 4.16. The van der Waals surface area contributed by atoms with Crippen molar-refractivity contribution < 1.29 is 13.9 Å². The van der Waals surface area contributed by atoms with Gasteiger partial charge < -0.3 is 9.64 Å². The second-order valence-electron chi connectivity index (χ2n) is 7.55. The summed E-state index contributed by atoms with van der Waals surface area (Å²) in [4.78, 5) is 14.4. The number of halogens is 1. The first kappa shape index (κ1) is 20.6. The largest absolute Gasteiger partial charge is 0.497 e. The lowest BCUT2D eigenvalue weighted by atomic mass is 9.88. The maximum Gasteiger partial charge on any atom is 0.271 e. The zero-order valence-electron chi connectivity index (χ0n) is 17.4. The Bertz CT molecular complexity index is 996. The van der Waals surface area contributed by atoms with Crippen molar-refractivity contribution >= 4 is 23.4 Å². The molecule has 2 aromatic rings. The van der Waals surface area contributed by atoms with E-state index in [1.807, 2.05) is 6.92 Å². The Labute approximate surface area is 170 Å². The smallest absolute Gasteiger partial charge is 0.271 e. The number of amides is 1. The van der Waals surface area contributed by atoms with Gasteiger partial charge >= 0.3 is 0 Å². The number of allylic oxidation sites excluding steroid dienone is 1. The first-order chi connectivity index (χ1) is 13.8. The van der Waals surface area contributed by atoms with Crippen molar-refractivity contribution in [1.29, 1.82) is 0 Å². The van der Waals surface area contributed by atoms with Gasteiger partial charge in [-0.1, -0.05) is 12.1 Å². The molecule has 1 aliphatic rings. The summed E-state index contributed by atoms with van der Waals surface area (Å²) in [6.45, 7) is 9.08. The molecule has 0 aliphatic carbocycles. The van der Waals surface area contributed by atoms with Crippen LogP contribution in [0.5, 0.6) is 5.75 Å². The van der Waals surface area contributed by atoms with E-state index in [2.05, 4.69) is 42.3 Å². The summed E-state index contributed by atoms with van der Waals surface area (Å²) in [5.74, 6) is -0.200. The minimum atomic E-state index is -0.395. The fraction of sp³-hybridized carbons (Fsp3) is 0.304. The van der Waals surface area contributed by atoms with Crippen molar-refractivity contribution in [2.24, 2.45) is 5.10 Å². The lowest BCUT2D eigenvalue weighted by Gasteiger charge is -2.42. The molecule has 1 heterocycles. The molecule has 1 aliphatic heterocycles. The number of benzene rings is 2. The van der Waals surface area contributed by atoms with Crippen molar-refractivity contribution in [1.82, 2.24) is 5.43 Å². The third-order valence-corrected chi connectivity index (χ3v) is 5.11. The number of rotatable bonds is 5. The molecule has 2 aromatic carbocycles. The van der Waals surface area contributed by atoms with Crippen LogP contribution in [0.4, 0.5) is 10.1 Å². The number of carbonyl (C=O) groups is 1. The number of hydrogen-bond acceptors (Lipinski definition) is 4. The van der Waals surface area contributed by atoms with Gasteiger partial charge in [-0.2, -0.15) is 5.10 Å². The van der Waals surface area contributed by atoms with Gasteiger partial charge in [0.1, 0.15) is 11.6 Å². The zero-order chi connectivity index (χ0) is 21.2. The maximum atomic E-state index is 14.7. The Morgan fingerprint density at radius 1 is 1.31 bits per heavy atom. The van der Waals surface area contributed by atoms with Crippen LogP contribution in [-0.2, 0) is 0 Å². The normalized spacial score (nSPS) is 15.1. The Hall–Kier alpha value is -3.15. The number of hydrazone groups is 1. The first-order valence-electron chi connectivity index (χ1n) is 9.55. The van der Waals surface area contributed by atoms with Crippen LogP contribution in [-0.4, -0.2) is 31.3 Å². The summed E-state index contributed by atoms with van der Waals surface area (Å²) in [6.07, 6.45) is 3.51. The van der Waals surface area contributed by atoms with Crippen LogP contribution in [0.1, 0.15) is 49.2 Å². The van der Waals surface area contributed by atoms with Crippen molar-refractivity contribution in [2.75, 3.05) is 18.6 Å². The summed E-state index contributed by atoms with van der Waals surface area (Å²) < 4.78 is 19.9. The van der Waals surface area contributed by atoms with E-state index >= 15 is 0 Å².